The standard InChI is InChI=1S/C12H7BrClFN2O3/c1-20-12(19)10-7(14)5-9(18)17(16-10)11-6(13)3-2-4-8(11)15/h2-5H,1H3. The summed E-state index contributed by atoms with van der Waals surface area (Å²) in [5.74, 6) is -1.50. The van der Waals surface area contributed by atoms with E-state index in [1.54, 1.807) is 6.07 Å². The summed E-state index contributed by atoms with van der Waals surface area (Å²) in [6.07, 6.45) is 0. The summed E-state index contributed by atoms with van der Waals surface area (Å²) < 4.78 is 19.4. The number of hydrogen-bond donors (Lipinski definition) is 0. The van der Waals surface area contributed by atoms with Crippen molar-refractivity contribution in [2.75, 3.05) is 7.11 Å². The molecule has 2 rings (SSSR count). The smallest absolute Gasteiger partial charge is 0.360 e. The van der Waals surface area contributed by atoms with Crippen molar-refractivity contribution < 1.29 is 13.9 Å². The minimum atomic E-state index is -0.823. The molecule has 0 saturated heterocycles. The highest BCUT2D eigenvalue weighted by Gasteiger charge is 2.19. The van der Waals surface area contributed by atoms with E-state index in [1.165, 1.54) is 12.1 Å². The van der Waals surface area contributed by atoms with Crippen molar-refractivity contribution in [1.29, 1.82) is 0 Å². The molecule has 0 radical (unpaired) electrons. The summed E-state index contributed by atoms with van der Waals surface area (Å²) >= 11 is 8.89. The molecule has 0 aliphatic rings. The predicted molar refractivity (Wildman–Crippen MR) is 73.8 cm³/mol. The monoisotopic (exact) mass is 360 g/mol. The van der Waals surface area contributed by atoms with Gasteiger partial charge in [-0.3, -0.25) is 4.79 Å². The zero-order chi connectivity index (χ0) is 14.9. The van der Waals surface area contributed by atoms with Gasteiger partial charge in [0.15, 0.2) is 5.69 Å². The zero-order valence-corrected chi connectivity index (χ0v) is 12.4. The van der Waals surface area contributed by atoms with Crippen molar-refractivity contribution in [1.82, 2.24) is 9.78 Å². The Morgan fingerprint density at radius 1 is 1.50 bits per heavy atom. The molecular formula is C12H7BrClFN2O3. The first-order chi connectivity index (χ1) is 9.45. The van der Waals surface area contributed by atoms with Crippen molar-refractivity contribution in [3.05, 3.63) is 55.6 Å². The van der Waals surface area contributed by atoms with Crippen LogP contribution in [0.5, 0.6) is 0 Å². The number of halogens is 3. The van der Waals surface area contributed by atoms with E-state index in [2.05, 4.69) is 25.8 Å². The van der Waals surface area contributed by atoms with Crippen LogP contribution in [-0.4, -0.2) is 22.9 Å². The number of carbonyl (C=O) groups excluding carboxylic acids is 1. The number of benzene rings is 1. The van der Waals surface area contributed by atoms with Crippen LogP contribution in [-0.2, 0) is 4.74 Å². The van der Waals surface area contributed by atoms with Gasteiger partial charge in [0.25, 0.3) is 5.56 Å². The molecule has 104 valence electrons. The first kappa shape index (κ1) is 14.7. The first-order valence-corrected chi connectivity index (χ1v) is 6.45. The molecule has 0 saturated carbocycles. The number of nitrogens with zero attached hydrogens (tertiary/aromatic N) is 2. The van der Waals surface area contributed by atoms with Crippen LogP contribution in [0.25, 0.3) is 5.69 Å². The third-order valence-electron chi connectivity index (χ3n) is 2.41. The third-order valence-corrected chi connectivity index (χ3v) is 3.34. The SMILES string of the molecule is COC(=O)c1nn(-c2c(F)cccc2Br)c(=O)cc1Cl. The van der Waals surface area contributed by atoms with E-state index < -0.39 is 17.3 Å². The molecule has 0 aliphatic heterocycles. The lowest BCUT2D eigenvalue weighted by atomic mass is 10.3. The van der Waals surface area contributed by atoms with Crippen LogP contribution in [0.2, 0.25) is 5.02 Å². The van der Waals surface area contributed by atoms with E-state index in [-0.39, 0.29) is 16.4 Å². The average molecular weight is 362 g/mol. The molecule has 0 fully saturated rings. The Bertz CT molecular complexity index is 728. The fourth-order valence-corrected chi connectivity index (χ4v) is 2.24. The molecule has 5 nitrogen and oxygen atoms in total. The maximum Gasteiger partial charge on any atom is 0.360 e. The molecule has 0 atom stereocenters. The van der Waals surface area contributed by atoms with Crippen molar-refractivity contribution >= 4 is 33.5 Å². The minimum absolute atomic E-state index is 0.112. The highest BCUT2D eigenvalue weighted by molar-refractivity contribution is 9.10. The average Bonchev–Trinajstić information content (AvgIpc) is 2.40. The topological polar surface area (TPSA) is 61.2 Å². The number of ether oxygens (including phenoxy) is 1. The summed E-state index contributed by atoms with van der Waals surface area (Å²) in [6, 6.07) is 5.14. The molecule has 20 heavy (non-hydrogen) atoms. The van der Waals surface area contributed by atoms with E-state index in [9.17, 15) is 14.0 Å². The molecular weight excluding hydrogens is 354 g/mol. The van der Waals surface area contributed by atoms with Crippen LogP contribution in [0, 0.1) is 5.82 Å². The lowest BCUT2D eigenvalue weighted by Gasteiger charge is -2.10. The van der Waals surface area contributed by atoms with Crippen LogP contribution < -0.4 is 5.56 Å². The third kappa shape index (κ3) is 2.59. The van der Waals surface area contributed by atoms with Gasteiger partial charge in [-0.15, -0.1) is 0 Å². The summed E-state index contributed by atoms with van der Waals surface area (Å²) in [4.78, 5) is 23.4. The number of para-hydroxylation sites is 1. The highest BCUT2D eigenvalue weighted by Crippen LogP contribution is 2.23. The Kier molecular flexibility index (Phi) is 4.20. The van der Waals surface area contributed by atoms with Gasteiger partial charge in [-0.25, -0.2) is 9.18 Å². The Morgan fingerprint density at radius 3 is 2.80 bits per heavy atom. The van der Waals surface area contributed by atoms with E-state index in [4.69, 9.17) is 11.6 Å². The predicted octanol–water partition coefficient (Wildman–Crippen LogP) is 2.57. The Balaban J connectivity index is 2.75. The molecule has 0 bridgehead atoms. The number of carbonyl (C=O) groups is 1. The van der Waals surface area contributed by atoms with E-state index in [1.807, 2.05) is 0 Å². The Labute approximate surface area is 126 Å². The van der Waals surface area contributed by atoms with Crippen LogP contribution in [0.4, 0.5) is 4.39 Å². The molecule has 1 aromatic heterocycles. The highest BCUT2D eigenvalue weighted by atomic mass is 79.9. The van der Waals surface area contributed by atoms with Crippen molar-refractivity contribution in [3.8, 4) is 5.69 Å². The second-order valence-corrected chi connectivity index (χ2v) is 4.91. The van der Waals surface area contributed by atoms with Crippen molar-refractivity contribution in [2.45, 2.75) is 0 Å². The second kappa shape index (κ2) is 5.72. The second-order valence-electron chi connectivity index (χ2n) is 3.65. The molecule has 2 aromatic rings. The Hall–Kier alpha value is -1.73. The molecule has 1 aromatic carbocycles. The van der Waals surface area contributed by atoms with Gasteiger partial charge in [-0.05, 0) is 28.1 Å². The van der Waals surface area contributed by atoms with Crippen LogP contribution in [0.1, 0.15) is 10.5 Å². The normalized spacial score (nSPS) is 10.4. The fourth-order valence-electron chi connectivity index (χ4n) is 1.52. The van der Waals surface area contributed by atoms with Gasteiger partial charge >= 0.3 is 5.97 Å². The lowest BCUT2D eigenvalue weighted by molar-refractivity contribution is 0.0592. The molecule has 1 heterocycles. The number of esters is 1. The summed E-state index contributed by atoms with van der Waals surface area (Å²) in [7, 11) is 1.15. The molecule has 0 unspecified atom stereocenters. The van der Waals surface area contributed by atoms with E-state index in [0.717, 1.165) is 17.9 Å². The quantitative estimate of drug-likeness (QED) is 0.771. The Morgan fingerprint density at radius 2 is 2.20 bits per heavy atom. The number of methoxy groups -OCH3 is 1. The van der Waals surface area contributed by atoms with Gasteiger partial charge in [0.2, 0.25) is 0 Å². The van der Waals surface area contributed by atoms with Crippen molar-refractivity contribution in [3.63, 3.8) is 0 Å². The van der Waals surface area contributed by atoms with Gasteiger partial charge in [0.1, 0.15) is 11.5 Å². The van der Waals surface area contributed by atoms with Gasteiger partial charge in [-0.1, -0.05) is 17.7 Å². The summed E-state index contributed by atoms with van der Waals surface area (Å²) in [6.45, 7) is 0. The molecule has 0 N–H and O–H groups in total. The first-order valence-electron chi connectivity index (χ1n) is 5.28. The molecule has 0 amide bonds. The molecule has 0 spiro atoms. The van der Waals surface area contributed by atoms with Crippen molar-refractivity contribution in [2.24, 2.45) is 0 Å². The number of rotatable bonds is 2. The van der Waals surface area contributed by atoms with Crippen LogP contribution >= 0.6 is 27.5 Å². The van der Waals surface area contributed by atoms with E-state index >= 15 is 0 Å². The molecule has 8 heteroatoms. The van der Waals surface area contributed by atoms with Crippen LogP contribution in [0.3, 0.4) is 0 Å². The van der Waals surface area contributed by atoms with Gasteiger partial charge in [0.05, 0.1) is 12.1 Å². The maximum absolute atomic E-state index is 13.9. The zero-order valence-electron chi connectivity index (χ0n) is 10.1. The molecule has 0 aliphatic carbocycles. The lowest BCUT2D eigenvalue weighted by Crippen LogP contribution is -2.25. The van der Waals surface area contributed by atoms with Gasteiger partial charge < -0.3 is 4.74 Å². The largest absolute Gasteiger partial charge is 0.464 e. The summed E-state index contributed by atoms with van der Waals surface area (Å²) in [5, 5.41) is 3.60. The van der Waals surface area contributed by atoms with Gasteiger partial charge in [0, 0.05) is 10.5 Å². The van der Waals surface area contributed by atoms with E-state index in [0.29, 0.717) is 4.47 Å². The maximum atomic E-state index is 13.9. The number of aromatic nitrogens is 2. The van der Waals surface area contributed by atoms with Gasteiger partial charge in [-0.2, -0.15) is 9.78 Å². The fraction of sp³-hybridized carbons (Fsp3) is 0.0833. The van der Waals surface area contributed by atoms with Crippen LogP contribution in [0.15, 0.2) is 33.5 Å². The summed E-state index contributed by atoms with van der Waals surface area (Å²) in [5.41, 5.74) is -1.06. The minimum Gasteiger partial charge on any atom is -0.464 e. The number of hydrogen-bond acceptors (Lipinski definition) is 4.